The van der Waals surface area contributed by atoms with Gasteiger partial charge in [0.25, 0.3) is 5.91 Å². The van der Waals surface area contributed by atoms with Crippen LogP contribution in [0.15, 0.2) is 18.2 Å². The summed E-state index contributed by atoms with van der Waals surface area (Å²) in [7, 11) is 1.72. The Hall–Kier alpha value is -1.75. The average Bonchev–Trinajstić information content (AvgIpc) is 2.50. The molecule has 21 heavy (non-hydrogen) atoms. The number of benzene rings is 1. The number of nitrogens with zero attached hydrogens (tertiary/aromatic N) is 1. The van der Waals surface area contributed by atoms with Gasteiger partial charge >= 0.3 is 0 Å². The molecule has 1 aromatic carbocycles. The zero-order chi connectivity index (χ0) is 15.2. The van der Waals surface area contributed by atoms with Gasteiger partial charge in [0, 0.05) is 32.4 Å². The molecule has 0 saturated carbocycles. The second-order valence-electron chi connectivity index (χ2n) is 5.38. The number of carbonyl (C=O) groups is 1. The van der Waals surface area contributed by atoms with E-state index in [2.05, 4.69) is 0 Å². The summed E-state index contributed by atoms with van der Waals surface area (Å²) in [5.41, 5.74) is 7.06. The van der Waals surface area contributed by atoms with Gasteiger partial charge in [0.2, 0.25) is 0 Å². The predicted octanol–water partition coefficient (Wildman–Crippen LogP) is 2.17. The molecule has 1 fully saturated rings. The van der Waals surface area contributed by atoms with Crippen LogP contribution in [0.4, 0.5) is 5.69 Å². The number of piperidine rings is 1. The van der Waals surface area contributed by atoms with Crippen LogP contribution in [-0.2, 0) is 4.74 Å². The number of amides is 1. The number of anilines is 1. The summed E-state index contributed by atoms with van der Waals surface area (Å²) in [6, 6.07) is 5.25. The van der Waals surface area contributed by atoms with E-state index in [0.29, 0.717) is 29.5 Å². The van der Waals surface area contributed by atoms with Gasteiger partial charge in [0.05, 0.1) is 12.3 Å². The van der Waals surface area contributed by atoms with E-state index in [1.165, 1.54) is 0 Å². The van der Waals surface area contributed by atoms with Crippen molar-refractivity contribution in [1.29, 1.82) is 0 Å². The highest BCUT2D eigenvalue weighted by atomic mass is 16.5. The molecule has 0 bridgehead atoms. The molecule has 5 heteroatoms. The summed E-state index contributed by atoms with van der Waals surface area (Å²) in [4.78, 5) is 14.4. The third-order valence-corrected chi connectivity index (χ3v) is 3.86. The van der Waals surface area contributed by atoms with Gasteiger partial charge < -0.3 is 20.1 Å². The summed E-state index contributed by atoms with van der Waals surface area (Å²) in [5, 5.41) is 0. The highest BCUT2D eigenvalue weighted by molar-refractivity contribution is 5.95. The Morgan fingerprint density at radius 3 is 2.67 bits per heavy atom. The van der Waals surface area contributed by atoms with Gasteiger partial charge in [0.1, 0.15) is 5.75 Å². The normalized spacial score (nSPS) is 16.0. The zero-order valence-electron chi connectivity index (χ0n) is 12.8. The van der Waals surface area contributed by atoms with Gasteiger partial charge in [-0.05, 0) is 43.9 Å². The summed E-state index contributed by atoms with van der Waals surface area (Å²) < 4.78 is 10.6. The van der Waals surface area contributed by atoms with E-state index in [0.717, 1.165) is 32.5 Å². The van der Waals surface area contributed by atoms with E-state index < -0.39 is 0 Å². The number of rotatable bonds is 5. The Kier molecular flexibility index (Phi) is 5.44. The lowest BCUT2D eigenvalue weighted by Crippen LogP contribution is -2.39. The molecular formula is C16H24N2O3. The van der Waals surface area contributed by atoms with Gasteiger partial charge in [0.15, 0.2) is 0 Å². The molecule has 0 atom stereocenters. The highest BCUT2D eigenvalue weighted by Gasteiger charge is 2.23. The van der Waals surface area contributed by atoms with Crippen LogP contribution < -0.4 is 10.5 Å². The minimum Gasteiger partial charge on any atom is -0.492 e. The standard InChI is InChI=1S/C16H24N2O3/c1-3-21-15-5-4-13(10-14(15)17)16(19)18-8-6-12(7-9-18)11-20-2/h4-5,10,12H,3,6-9,11,17H2,1-2H3. The van der Waals surface area contributed by atoms with Crippen molar-refractivity contribution in [3.05, 3.63) is 23.8 Å². The molecule has 1 amide bonds. The Labute approximate surface area is 126 Å². The largest absolute Gasteiger partial charge is 0.492 e. The van der Waals surface area contributed by atoms with Crippen LogP contribution in [0.1, 0.15) is 30.1 Å². The molecule has 0 radical (unpaired) electrons. The third kappa shape index (κ3) is 3.88. The second kappa shape index (κ2) is 7.31. The van der Waals surface area contributed by atoms with Crippen molar-refractivity contribution in [3.63, 3.8) is 0 Å². The number of likely N-dealkylation sites (tertiary alicyclic amines) is 1. The summed E-state index contributed by atoms with van der Waals surface area (Å²) in [6.07, 6.45) is 1.98. The lowest BCUT2D eigenvalue weighted by molar-refractivity contribution is 0.0613. The van der Waals surface area contributed by atoms with Crippen molar-refractivity contribution in [3.8, 4) is 5.75 Å². The first-order valence-corrected chi connectivity index (χ1v) is 7.46. The first-order valence-electron chi connectivity index (χ1n) is 7.46. The van der Waals surface area contributed by atoms with Crippen LogP contribution in [0, 0.1) is 5.92 Å². The fourth-order valence-electron chi connectivity index (χ4n) is 2.69. The summed E-state index contributed by atoms with van der Waals surface area (Å²) >= 11 is 0. The lowest BCUT2D eigenvalue weighted by Gasteiger charge is -2.31. The van der Waals surface area contributed by atoms with Crippen LogP contribution in [0.2, 0.25) is 0 Å². The number of carbonyl (C=O) groups excluding carboxylic acids is 1. The molecule has 5 nitrogen and oxygen atoms in total. The van der Waals surface area contributed by atoms with Crippen molar-refractivity contribution in [1.82, 2.24) is 4.90 Å². The molecule has 1 heterocycles. The van der Waals surface area contributed by atoms with Gasteiger partial charge in [-0.2, -0.15) is 0 Å². The molecule has 1 aliphatic heterocycles. The third-order valence-electron chi connectivity index (χ3n) is 3.86. The Morgan fingerprint density at radius 2 is 2.10 bits per heavy atom. The van der Waals surface area contributed by atoms with Crippen molar-refractivity contribution < 1.29 is 14.3 Å². The van der Waals surface area contributed by atoms with Crippen LogP contribution in [-0.4, -0.2) is 44.2 Å². The first kappa shape index (κ1) is 15.6. The maximum atomic E-state index is 12.5. The maximum Gasteiger partial charge on any atom is 0.253 e. The van der Waals surface area contributed by atoms with Gasteiger partial charge in [-0.1, -0.05) is 0 Å². The van der Waals surface area contributed by atoms with Crippen molar-refractivity contribution in [2.45, 2.75) is 19.8 Å². The number of ether oxygens (including phenoxy) is 2. The smallest absolute Gasteiger partial charge is 0.253 e. The first-order chi connectivity index (χ1) is 10.2. The molecule has 1 saturated heterocycles. The Bertz CT molecular complexity index is 482. The topological polar surface area (TPSA) is 64.8 Å². The SMILES string of the molecule is CCOc1ccc(C(=O)N2CCC(COC)CC2)cc1N. The van der Waals surface area contributed by atoms with Crippen LogP contribution in [0.5, 0.6) is 5.75 Å². The fraction of sp³-hybridized carbons (Fsp3) is 0.562. The number of nitrogens with two attached hydrogens (primary N) is 1. The van der Waals surface area contributed by atoms with Gasteiger partial charge in [-0.15, -0.1) is 0 Å². The Balaban J connectivity index is 1.99. The fourth-order valence-corrected chi connectivity index (χ4v) is 2.69. The van der Waals surface area contributed by atoms with Crippen LogP contribution in [0.25, 0.3) is 0 Å². The van der Waals surface area contributed by atoms with E-state index in [9.17, 15) is 4.79 Å². The molecule has 2 N–H and O–H groups in total. The van der Waals surface area contributed by atoms with E-state index in [1.807, 2.05) is 11.8 Å². The predicted molar refractivity (Wildman–Crippen MR) is 82.5 cm³/mol. The van der Waals surface area contributed by atoms with Crippen molar-refractivity contribution >= 4 is 11.6 Å². The molecule has 0 aliphatic carbocycles. The van der Waals surface area contributed by atoms with Gasteiger partial charge in [-0.3, -0.25) is 4.79 Å². The molecule has 2 rings (SSSR count). The molecular weight excluding hydrogens is 268 g/mol. The monoisotopic (exact) mass is 292 g/mol. The van der Waals surface area contributed by atoms with Crippen LogP contribution in [0.3, 0.4) is 0 Å². The number of hydrogen-bond donors (Lipinski definition) is 1. The van der Waals surface area contributed by atoms with Gasteiger partial charge in [-0.25, -0.2) is 0 Å². The zero-order valence-corrected chi connectivity index (χ0v) is 12.8. The molecule has 0 aromatic heterocycles. The Morgan fingerprint density at radius 1 is 1.38 bits per heavy atom. The summed E-state index contributed by atoms with van der Waals surface area (Å²) in [6.45, 7) is 4.80. The van der Waals surface area contributed by atoms with Crippen molar-refractivity contribution in [2.75, 3.05) is 39.1 Å². The second-order valence-corrected chi connectivity index (χ2v) is 5.38. The van der Waals surface area contributed by atoms with Crippen molar-refractivity contribution in [2.24, 2.45) is 5.92 Å². The number of methoxy groups -OCH3 is 1. The minimum atomic E-state index is 0.0422. The summed E-state index contributed by atoms with van der Waals surface area (Å²) in [5.74, 6) is 1.23. The molecule has 1 aromatic rings. The molecule has 1 aliphatic rings. The number of nitrogen functional groups attached to an aromatic ring is 1. The lowest BCUT2D eigenvalue weighted by atomic mass is 9.97. The molecule has 0 unspecified atom stereocenters. The maximum absolute atomic E-state index is 12.5. The highest BCUT2D eigenvalue weighted by Crippen LogP contribution is 2.25. The number of hydrogen-bond acceptors (Lipinski definition) is 4. The molecule has 116 valence electrons. The van der Waals surface area contributed by atoms with Crippen LogP contribution >= 0.6 is 0 Å². The molecule has 0 spiro atoms. The van der Waals surface area contributed by atoms with E-state index in [1.54, 1.807) is 25.3 Å². The minimum absolute atomic E-state index is 0.0422. The van der Waals surface area contributed by atoms with E-state index in [-0.39, 0.29) is 5.91 Å². The average molecular weight is 292 g/mol. The van der Waals surface area contributed by atoms with E-state index in [4.69, 9.17) is 15.2 Å². The van der Waals surface area contributed by atoms with E-state index >= 15 is 0 Å². The quantitative estimate of drug-likeness (QED) is 0.845.